The fraction of sp³-hybridized carbons (Fsp3) is 0. The Balaban J connectivity index is 3.12. The fourth-order valence-corrected chi connectivity index (χ4v) is 1.32. The van der Waals surface area contributed by atoms with E-state index in [2.05, 4.69) is 0 Å². The van der Waals surface area contributed by atoms with Crippen molar-refractivity contribution in [3.63, 3.8) is 0 Å². The third-order valence-electron chi connectivity index (χ3n) is 1.32. The van der Waals surface area contributed by atoms with E-state index in [1.54, 1.807) is 24.3 Å². The molecule has 0 fully saturated rings. The van der Waals surface area contributed by atoms with E-state index in [1.807, 2.05) is 0 Å². The molecule has 0 saturated carbocycles. The lowest BCUT2D eigenvalue weighted by atomic mass is 10.2. The van der Waals surface area contributed by atoms with Gasteiger partial charge in [-0.3, -0.25) is 4.79 Å². The summed E-state index contributed by atoms with van der Waals surface area (Å²) in [6.45, 7) is 0. The minimum atomic E-state index is -0.476. The molecule has 0 heterocycles. The number of benzene rings is 1. The van der Waals surface area contributed by atoms with Crippen LogP contribution < -0.4 is 4.43 Å². The van der Waals surface area contributed by atoms with Crippen molar-refractivity contribution in [2.75, 3.05) is 0 Å². The Morgan fingerprint density at radius 1 is 1.45 bits per heavy atom. The van der Waals surface area contributed by atoms with Crippen LogP contribution >= 0.6 is 11.6 Å². The molecule has 2 nitrogen and oxygen atoms in total. The molecule has 0 radical (unpaired) electrons. The maximum atomic E-state index is 10.7. The topological polar surface area (TPSA) is 26.3 Å². The number of para-hydroxylation sites is 1. The second kappa shape index (κ2) is 3.55. The third-order valence-corrected chi connectivity index (χ3v) is 1.96. The van der Waals surface area contributed by atoms with Crippen molar-refractivity contribution in [3.8, 4) is 5.75 Å². The molecule has 1 aromatic carbocycles. The summed E-state index contributed by atoms with van der Waals surface area (Å²) in [7, 11) is 0.560. The first kappa shape index (κ1) is 8.29. The average Bonchev–Trinajstić information content (AvgIpc) is 2.04. The zero-order chi connectivity index (χ0) is 8.27. The Hall–Kier alpha value is -0.803. The van der Waals surface area contributed by atoms with E-state index in [9.17, 15) is 4.79 Å². The Kier molecular flexibility index (Phi) is 2.68. The molecule has 0 bridgehead atoms. The van der Waals surface area contributed by atoms with E-state index in [0.29, 0.717) is 21.8 Å². The highest BCUT2D eigenvalue weighted by Gasteiger charge is 2.06. The molecule has 0 amide bonds. The molecule has 0 aliphatic heterocycles. The Bertz CT molecular complexity index is 275. The van der Waals surface area contributed by atoms with E-state index in [0.717, 1.165) is 0 Å². The lowest BCUT2D eigenvalue weighted by Gasteiger charge is -2.02. The van der Waals surface area contributed by atoms with Crippen molar-refractivity contribution in [2.24, 2.45) is 0 Å². The Morgan fingerprint density at radius 2 is 2.09 bits per heavy atom. The van der Waals surface area contributed by atoms with Crippen LogP contribution in [0.4, 0.5) is 0 Å². The van der Waals surface area contributed by atoms with E-state index in [1.165, 1.54) is 0 Å². The summed E-state index contributed by atoms with van der Waals surface area (Å²) in [5, 5.41) is -0.476. The second-order valence-electron chi connectivity index (χ2n) is 1.97. The maximum Gasteiger partial charge on any atom is 0.256 e. The Morgan fingerprint density at radius 3 is 2.55 bits per heavy atom. The van der Waals surface area contributed by atoms with E-state index in [4.69, 9.17) is 16.0 Å². The lowest BCUT2D eigenvalue weighted by Crippen LogP contribution is -1.95. The van der Waals surface area contributed by atoms with Gasteiger partial charge >= 0.3 is 0 Å². The van der Waals surface area contributed by atoms with Gasteiger partial charge in [0, 0.05) is 0 Å². The molecular weight excluding hydrogens is 180 g/mol. The first-order chi connectivity index (χ1) is 5.25. The van der Waals surface area contributed by atoms with Gasteiger partial charge in [-0.2, -0.15) is 0 Å². The number of carbonyl (C=O) groups excluding carboxylic acids is 1. The van der Waals surface area contributed by atoms with Crippen LogP contribution in [0.3, 0.4) is 0 Å². The predicted molar refractivity (Wildman–Crippen MR) is 47.2 cm³/mol. The smallest absolute Gasteiger partial charge is 0.256 e. The minimum Gasteiger partial charge on any atom is -0.553 e. The molecule has 11 heavy (non-hydrogen) atoms. The number of carbonyl (C=O) groups is 1. The second-order valence-corrected chi connectivity index (χ2v) is 2.73. The summed E-state index contributed by atoms with van der Waals surface area (Å²) in [5.41, 5.74) is 0.434. The van der Waals surface area contributed by atoms with Gasteiger partial charge in [0.05, 0.1) is 5.56 Å². The fourth-order valence-electron chi connectivity index (χ4n) is 0.807. The standard InChI is InChI=1S/C7H7ClO2Si/c8-7(9)5-3-1-2-4-6(5)10-11/h1-4H,11H3. The van der Waals surface area contributed by atoms with Crippen LogP contribution in [0.15, 0.2) is 24.3 Å². The molecule has 0 spiro atoms. The van der Waals surface area contributed by atoms with Gasteiger partial charge in [-0.15, -0.1) is 0 Å². The normalized spacial score (nSPS) is 9.55. The molecule has 0 aliphatic rings. The van der Waals surface area contributed by atoms with E-state index >= 15 is 0 Å². The largest absolute Gasteiger partial charge is 0.553 e. The van der Waals surface area contributed by atoms with Gasteiger partial charge in [0.25, 0.3) is 5.24 Å². The lowest BCUT2D eigenvalue weighted by molar-refractivity contribution is 0.108. The Labute approximate surface area is 72.7 Å². The van der Waals surface area contributed by atoms with Gasteiger partial charge < -0.3 is 4.43 Å². The average molecular weight is 187 g/mol. The summed E-state index contributed by atoms with van der Waals surface area (Å²) in [6, 6.07) is 6.92. The van der Waals surface area contributed by atoms with Gasteiger partial charge in [-0.05, 0) is 23.7 Å². The van der Waals surface area contributed by atoms with Crippen molar-refractivity contribution >= 4 is 27.3 Å². The molecule has 0 unspecified atom stereocenters. The predicted octanol–water partition coefficient (Wildman–Crippen LogP) is 0.725. The summed E-state index contributed by atoms with van der Waals surface area (Å²) >= 11 is 5.28. The summed E-state index contributed by atoms with van der Waals surface area (Å²) < 4.78 is 5.04. The molecule has 58 valence electrons. The van der Waals surface area contributed by atoms with Crippen LogP contribution in [0.2, 0.25) is 0 Å². The molecule has 0 aromatic heterocycles. The highest BCUT2D eigenvalue weighted by Crippen LogP contribution is 2.18. The molecular formula is C7H7ClO2Si. The number of halogens is 1. The maximum absolute atomic E-state index is 10.7. The zero-order valence-electron chi connectivity index (χ0n) is 6.00. The van der Waals surface area contributed by atoms with Gasteiger partial charge in [0.15, 0.2) is 0 Å². The SMILES string of the molecule is O=C(Cl)c1ccccc1O[SiH3]. The van der Waals surface area contributed by atoms with Crippen molar-refractivity contribution in [1.29, 1.82) is 0 Å². The zero-order valence-corrected chi connectivity index (χ0v) is 8.76. The first-order valence-corrected chi connectivity index (χ1v) is 4.28. The highest BCUT2D eigenvalue weighted by atomic mass is 35.5. The van der Waals surface area contributed by atoms with Crippen molar-refractivity contribution in [1.82, 2.24) is 0 Å². The van der Waals surface area contributed by atoms with Gasteiger partial charge in [-0.1, -0.05) is 12.1 Å². The van der Waals surface area contributed by atoms with Crippen molar-refractivity contribution < 1.29 is 9.22 Å². The molecule has 1 rings (SSSR count). The van der Waals surface area contributed by atoms with Crippen molar-refractivity contribution in [3.05, 3.63) is 29.8 Å². The van der Waals surface area contributed by atoms with Crippen molar-refractivity contribution in [2.45, 2.75) is 0 Å². The molecule has 0 atom stereocenters. The minimum absolute atomic E-state index is 0.434. The van der Waals surface area contributed by atoms with Crippen LogP contribution in [0.25, 0.3) is 0 Å². The molecule has 0 N–H and O–H groups in total. The van der Waals surface area contributed by atoms with Gasteiger partial charge in [-0.25, -0.2) is 0 Å². The molecule has 1 aromatic rings. The number of rotatable bonds is 2. The van der Waals surface area contributed by atoms with E-state index in [-0.39, 0.29) is 0 Å². The highest BCUT2D eigenvalue weighted by molar-refractivity contribution is 6.68. The quantitative estimate of drug-likeness (QED) is 0.503. The van der Waals surface area contributed by atoms with Crippen LogP contribution in [-0.2, 0) is 0 Å². The number of hydrogen-bond donors (Lipinski definition) is 0. The van der Waals surface area contributed by atoms with E-state index < -0.39 is 5.24 Å². The summed E-state index contributed by atoms with van der Waals surface area (Å²) in [5.74, 6) is 0.569. The van der Waals surface area contributed by atoms with Crippen LogP contribution in [0, 0.1) is 0 Å². The molecule has 0 aliphatic carbocycles. The van der Waals surface area contributed by atoms with Crippen LogP contribution in [0.5, 0.6) is 5.75 Å². The summed E-state index contributed by atoms with van der Waals surface area (Å²) in [4.78, 5) is 10.7. The molecule has 0 saturated heterocycles. The third kappa shape index (κ3) is 1.82. The van der Waals surface area contributed by atoms with Gasteiger partial charge in [0.2, 0.25) is 10.5 Å². The summed E-state index contributed by atoms with van der Waals surface area (Å²) in [6.07, 6.45) is 0. The monoisotopic (exact) mass is 186 g/mol. The van der Waals surface area contributed by atoms with Gasteiger partial charge in [0.1, 0.15) is 5.75 Å². The number of hydrogen-bond acceptors (Lipinski definition) is 2. The molecule has 4 heteroatoms. The first-order valence-electron chi connectivity index (χ1n) is 3.08. The van der Waals surface area contributed by atoms with Crippen LogP contribution in [-0.4, -0.2) is 15.7 Å². The van der Waals surface area contributed by atoms with Crippen LogP contribution in [0.1, 0.15) is 10.4 Å².